The molecular weight excluding hydrogens is 278 g/mol. The van der Waals surface area contributed by atoms with Crippen LogP contribution in [0.2, 0.25) is 0 Å². The molecule has 2 aromatic rings. The molecule has 0 aliphatic heterocycles. The summed E-state index contributed by atoms with van der Waals surface area (Å²) in [5, 5.41) is 13.1. The van der Waals surface area contributed by atoms with Crippen LogP contribution in [0.15, 0.2) is 18.2 Å². The normalized spacial score (nSPS) is 17.4. The first-order valence-corrected chi connectivity index (χ1v) is 6.48. The quantitative estimate of drug-likeness (QED) is 0.504. The van der Waals surface area contributed by atoms with E-state index in [0.29, 0.717) is 11.6 Å². The summed E-state index contributed by atoms with van der Waals surface area (Å²) in [6.07, 6.45) is 3.12. The first kappa shape index (κ1) is 14.8. The monoisotopic (exact) mass is 295 g/mol. The number of hydrogen-bond donors (Lipinski definition) is 4. The third-order valence-corrected chi connectivity index (χ3v) is 3.96. The Balaban J connectivity index is 0.00000147. The van der Waals surface area contributed by atoms with Crippen LogP contribution >= 0.6 is 12.4 Å². The smallest absolute Gasteiger partial charge is 0.274 e. The number of hydroxylamine groups is 1. The molecule has 4 N–H and O–H groups in total. The maximum atomic E-state index is 11.5. The van der Waals surface area contributed by atoms with Gasteiger partial charge in [0.05, 0.1) is 0 Å². The van der Waals surface area contributed by atoms with E-state index in [1.165, 1.54) is 11.3 Å². The van der Waals surface area contributed by atoms with Gasteiger partial charge in [-0.25, -0.2) is 5.48 Å². The molecule has 0 fully saturated rings. The van der Waals surface area contributed by atoms with Crippen molar-refractivity contribution in [2.24, 2.45) is 0 Å². The molecule has 1 aliphatic carbocycles. The minimum atomic E-state index is -0.474. The predicted octanol–water partition coefficient (Wildman–Crippen LogP) is 1.79. The molecule has 1 aromatic carbocycles. The molecule has 0 spiro atoms. The summed E-state index contributed by atoms with van der Waals surface area (Å²) in [6, 6.07) is 5.94. The van der Waals surface area contributed by atoms with Crippen LogP contribution in [0.1, 0.15) is 28.0 Å². The largest absolute Gasteiger partial charge is 0.358 e. The molecule has 0 bridgehead atoms. The fraction of sp³-hybridized carbons (Fsp3) is 0.357. The number of hydrogen-bond acceptors (Lipinski definition) is 3. The summed E-state index contributed by atoms with van der Waals surface area (Å²) in [6.45, 7) is 0. The summed E-state index contributed by atoms with van der Waals surface area (Å²) in [7, 11) is 1.98. The SMILES string of the molecule is CNC1CCc2[nH]c3ccc(C(=O)NO)cc3c2C1.Cl. The Bertz CT molecular complexity index is 639. The van der Waals surface area contributed by atoms with Crippen molar-refractivity contribution in [1.29, 1.82) is 0 Å². The van der Waals surface area contributed by atoms with Gasteiger partial charge < -0.3 is 10.3 Å². The van der Waals surface area contributed by atoms with Gasteiger partial charge in [0.25, 0.3) is 5.91 Å². The van der Waals surface area contributed by atoms with E-state index in [1.54, 1.807) is 11.5 Å². The standard InChI is InChI=1S/C14H17N3O2.ClH/c1-15-9-3-5-13-11(7-9)10-6-8(14(18)17-19)2-4-12(10)16-13;/h2,4,6,9,15-16,19H,3,5,7H2,1H3,(H,17,18);1H. The second kappa shape index (κ2) is 5.83. The van der Waals surface area contributed by atoms with E-state index >= 15 is 0 Å². The highest BCUT2D eigenvalue weighted by molar-refractivity contribution is 5.98. The molecule has 1 aliphatic rings. The van der Waals surface area contributed by atoms with Gasteiger partial charge in [-0.05, 0) is 50.1 Å². The lowest BCUT2D eigenvalue weighted by Gasteiger charge is -2.21. The third kappa shape index (κ3) is 2.40. The third-order valence-electron chi connectivity index (χ3n) is 3.96. The van der Waals surface area contributed by atoms with Crippen molar-refractivity contribution in [2.45, 2.75) is 25.3 Å². The van der Waals surface area contributed by atoms with E-state index < -0.39 is 5.91 Å². The van der Waals surface area contributed by atoms with Gasteiger partial charge >= 0.3 is 0 Å². The molecule has 20 heavy (non-hydrogen) atoms. The van der Waals surface area contributed by atoms with Crippen molar-refractivity contribution in [3.05, 3.63) is 35.0 Å². The van der Waals surface area contributed by atoms with Gasteiger partial charge in [0, 0.05) is 28.2 Å². The zero-order valence-corrected chi connectivity index (χ0v) is 12.0. The molecular formula is C14H18ClN3O2. The van der Waals surface area contributed by atoms with Crippen molar-refractivity contribution in [3.8, 4) is 0 Å². The predicted molar refractivity (Wildman–Crippen MR) is 79.7 cm³/mol. The molecule has 108 valence electrons. The Morgan fingerprint density at radius 3 is 2.95 bits per heavy atom. The van der Waals surface area contributed by atoms with Gasteiger partial charge in [0.1, 0.15) is 0 Å². The fourth-order valence-corrected chi connectivity index (χ4v) is 2.87. The fourth-order valence-electron chi connectivity index (χ4n) is 2.87. The summed E-state index contributed by atoms with van der Waals surface area (Å²) < 4.78 is 0. The summed E-state index contributed by atoms with van der Waals surface area (Å²) in [4.78, 5) is 14.9. The Kier molecular flexibility index (Phi) is 4.32. The number of H-pyrrole nitrogens is 1. The summed E-state index contributed by atoms with van der Waals surface area (Å²) >= 11 is 0. The lowest BCUT2D eigenvalue weighted by atomic mass is 9.91. The highest BCUT2D eigenvalue weighted by Gasteiger charge is 2.21. The molecule has 1 atom stereocenters. The van der Waals surface area contributed by atoms with E-state index in [0.717, 1.165) is 30.2 Å². The number of carbonyl (C=O) groups is 1. The van der Waals surface area contributed by atoms with Crippen molar-refractivity contribution in [1.82, 2.24) is 15.8 Å². The maximum absolute atomic E-state index is 11.5. The van der Waals surface area contributed by atoms with Crippen LogP contribution in [0.5, 0.6) is 0 Å². The zero-order valence-electron chi connectivity index (χ0n) is 11.2. The topological polar surface area (TPSA) is 77.2 Å². The highest BCUT2D eigenvalue weighted by Crippen LogP contribution is 2.29. The average molecular weight is 296 g/mol. The van der Waals surface area contributed by atoms with Gasteiger partial charge in [-0.3, -0.25) is 10.0 Å². The maximum Gasteiger partial charge on any atom is 0.274 e. The molecule has 6 heteroatoms. The Hall–Kier alpha value is -1.56. The van der Waals surface area contributed by atoms with Crippen molar-refractivity contribution >= 4 is 29.2 Å². The van der Waals surface area contributed by atoms with Crippen molar-refractivity contribution < 1.29 is 10.0 Å². The molecule has 0 saturated carbocycles. The molecule has 1 aromatic heterocycles. The number of fused-ring (bicyclic) bond motifs is 3. The Morgan fingerprint density at radius 1 is 1.45 bits per heavy atom. The van der Waals surface area contributed by atoms with Crippen LogP contribution in [0.4, 0.5) is 0 Å². The van der Waals surface area contributed by atoms with Crippen molar-refractivity contribution in [2.75, 3.05) is 7.05 Å². The second-order valence-corrected chi connectivity index (χ2v) is 5.01. The number of benzene rings is 1. The average Bonchev–Trinajstić information content (AvgIpc) is 2.83. The molecule has 0 saturated heterocycles. The Morgan fingerprint density at radius 2 is 2.25 bits per heavy atom. The number of amides is 1. The van der Waals surface area contributed by atoms with E-state index in [-0.39, 0.29) is 12.4 Å². The zero-order chi connectivity index (χ0) is 13.4. The molecule has 1 amide bonds. The molecule has 0 radical (unpaired) electrons. The number of rotatable bonds is 2. The van der Waals surface area contributed by atoms with Crippen molar-refractivity contribution in [3.63, 3.8) is 0 Å². The lowest BCUT2D eigenvalue weighted by Crippen LogP contribution is -2.31. The molecule has 5 nitrogen and oxygen atoms in total. The minimum absolute atomic E-state index is 0. The van der Waals surface area contributed by atoms with Crippen LogP contribution in [-0.4, -0.2) is 29.2 Å². The number of carbonyl (C=O) groups excluding carboxylic acids is 1. The second-order valence-electron chi connectivity index (χ2n) is 5.01. The van der Waals surface area contributed by atoms with Crippen LogP contribution in [-0.2, 0) is 12.8 Å². The number of aromatic nitrogens is 1. The first-order chi connectivity index (χ1) is 9.22. The number of aromatic amines is 1. The van der Waals surface area contributed by atoms with Gasteiger partial charge in [-0.2, -0.15) is 0 Å². The van der Waals surface area contributed by atoms with Gasteiger partial charge in [-0.1, -0.05) is 0 Å². The minimum Gasteiger partial charge on any atom is -0.358 e. The number of likely N-dealkylation sites (N-methyl/N-ethyl adjacent to an activating group) is 1. The lowest BCUT2D eigenvalue weighted by molar-refractivity contribution is 0.0706. The molecule has 3 rings (SSSR count). The van der Waals surface area contributed by atoms with Crippen LogP contribution < -0.4 is 10.8 Å². The van der Waals surface area contributed by atoms with E-state index in [1.807, 2.05) is 19.2 Å². The van der Waals surface area contributed by atoms with Gasteiger partial charge in [-0.15, -0.1) is 12.4 Å². The van der Waals surface area contributed by atoms with Crippen LogP contribution in [0, 0.1) is 0 Å². The van der Waals surface area contributed by atoms with E-state index in [4.69, 9.17) is 5.21 Å². The molecule has 1 heterocycles. The number of aryl methyl sites for hydroxylation is 1. The van der Waals surface area contributed by atoms with E-state index in [2.05, 4.69) is 10.3 Å². The van der Waals surface area contributed by atoms with Crippen LogP contribution in [0.3, 0.4) is 0 Å². The number of halogens is 1. The van der Waals surface area contributed by atoms with E-state index in [9.17, 15) is 4.79 Å². The first-order valence-electron chi connectivity index (χ1n) is 6.48. The van der Waals surface area contributed by atoms with Gasteiger partial charge in [0.15, 0.2) is 0 Å². The summed E-state index contributed by atoms with van der Waals surface area (Å²) in [5.41, 5.74) is 5.76. The molecule has 1 unspecified atom stereocenters. The highest BCUT2D eigenvalue weighted by atomic mass is 35.5. The number of nitrogens with one attached hydrogen (secondary N) is 3. The Labute approximate surface area is 123 Å². The summed E-state index contributed by atoms with van der Waals surface area (Å²) in [5.74, 6) is -0.474. The van der Waals surface area contributed by atoms with Gasteiger partial charge in [0.2, 0.25) is 0 Å². The van der Waals surface area contributed by atoms with Crippen LogP contribution in [0.25, 0.3) is 10.9 Å².